The van der Waals surface area contributed by atoms with Gasteiger partial charge >= 0.3 is 0 Å². The summed E-state index contributed by atoms with van der Waals surface area (Å²) in [6.45, 7) is 6.51. The zero-order valence-corrected chi connectivity index (χ0v) is 8.38. The van der Waals surface area contributed by atoms with Crippen LogP contribution in [0.25, 0.3) is 0 Å². The van der Waals surface area contributed by atoms with E-state index in [9.17, 15) is 5.11 Å². The minimum atomic E-state index is -0.499. The fourth-order valence-corrected chi connectivity index (χ4v) is 1.88. The Morgan fingerprint density at radius 3 is 2.67 bits per heavy atom. The summed E-state index contributed by atoms with van der Waals surface area (Å²) in [5, 5.41) is 10.1. The molecule has 0 bridgehead atoms. The van der Waals surface area contributed by atoms with Crippen molar-refractivity contribution in [1.29, 1.82) is 0 Å². The van der Waals surface area contributed by atoms with Gasteiger partial charge in [-0.3, -0.25) is 0 Å². The summed E-state index contributed by atoms with van der Waals surface area (Å²) in [6, 6.07) is 0. The fraction of sp³-hybridized carbons (Fsp3) is 0.818. The van der Waals surface area contributed by atoms with Crippen molar-refractivity contribution >= 4 is 0 Å². The summed E-state index contributed by atoms with van der Waals surface area (Å²) in [7, 11) is 0. The first-order valence-electron chi connectivity index (χ1n) is 4.93. The molecule has 0 aromatic heterocycles. The Bertz CT molecular complexity index is 172. The first-order chi connectivity index (χ1) is 5.52. The Morgan fingerprint density at radius 2 is 2.25 bits per heavy atom. The lowest BCUT2D eigenvalue weighted by molar-refractivity contribution is 0.0486. The third kappa shape index (κ3) is 2.63. The number of allylic oxidation sites excluding steroid dienone is 1. The molecular formula is C11H20O. The third-order valence-corrected chi connectivity index (χ3v) is 2.53. The first kappa shape index (κ1) is 9.79. The molecule has 0 saturated carbocycles. The SMILES string of the molecule is CC(C)CC1(O)C=CC(C)CC1. The fourth-order valence-electron chi connectivity index (χ4n) is 1.88. The van der Waals surface area contributed by atoms with E-state index in [1.54, 1.807) is 0 Å². The molecule has 0 aromatic carbocycles. The minimum absolute atomic E-state index is 0.499. The second-order valence-electron chi connectivity index (χ2n) is 4.58. The van der Waals surface area contributed by atoms with E-state index in [2.05, 4.69) is 26.8 Å². The predicted molar refractivity (Wildman–Crippen MR) is 51.9 cm³/mol. The Hall–Kier alpha value is -0.300. The van der Waals surface area contributed by atoms with Gasteiger partial charge in [-0.05, 0) is 31.1 Å². The zero-order chi connectivity index (χ0) is 9.19. The van der Waals surface area contributed by atoms with Crippen LogP contribution in [0.5, 0.6) is 0 Å². The van der Waals surface area contributed by atoms with Crippen molar-refractivity contribution in [3.05, 3.63) is 12.2 Å². The van der Waals surface area contributed by atoms with Crippen LogP contribution in [0.2, 0.25) is 0 Å². The molecule has 0 fully saturated rings. The number of rotatable bonds is 2. The average Bonchev–Trinajstić information content (AvgIpc) is 1.94. The van der Waals surface area contributed by atoms with Crippen LogP contribution in [0.3, 0.4) is 0 Å². The first-order valence-corrected chi connectivity index (χ1v) is 4.93. The quantitative estimate of drug-likeness (QED) is 0.629. The molecular weight excluding hydrogens is 148 g/mol. The van der Waals surface area contributed by atoms with Crippen LogP contribution in [-0.2, 0) is 0 Å². The maximum atomic E-state index is 10.1. The van der Waals surface area contributed by atoms with Crippen LogP contribution in [0.15, 0.2) is 12.2 Å². The van der Waals surface area contributed by atoms with Crippen molar-refractivity contribution < 1.29 is 5.11 Å². The van der Waals surface area contributed by atoms with E-state index in [4.69, 9.17) is 0 Å². The highest BCUT2D eigenvalue weighted by molar-refractivity contribution is 5.07. The summed E-state index contributed by atoms with van der Waals surface area (Å²) >= 11 is 0. The third-order valence-electron chi connectivity index (χ3n) is 2.53. The largest absolute Gasteiger partial charge is 0.386 e. The molecule has 70 valence electrons. The average molecular weight is 168 g/mol. The van der Waals surface area contributed by atoms with E-state index < -0.39 is 5.60 Å². The van der Waals surface area contributed by atoms with Crippen LogP contribution in [0.1, 0.15) is 40.0 Å². The number of hydrogen-bond donors (Lipinski definition) is 1. The van der Waals surface area contributed by atoms with Gasteiger partial charge in [0.2, 0.25) is 0 Å². The molecule has 0 spiro atoms. The highest BCUT2D eigenvalue weighted by atomic mass is 16.3. The molecule has 1 N–H and O–H groups in total. The minimum Gasteiger partial charge on any atom is -0.386 e. The van der Waals surface area contributed by atoms with Gasteiger partial charge in [-0.1, -0.05) is 32.9 Å². The highest BCUT2D eigenvalue weighted by Crippen LogP contribution is 2.30. The Morgan fingerprint density at radius 1 is 1.58 bits per heavy atom. The molecule has 0 aromatic rings. The van der Waals surface area contributed by atoms with Crippen LogP contribution >= 0.6 is 0 Å². The maximum Gasteiger partial charge on any atom is 0.0830 e. The van der Waals surface area contributed by atoms with Crippen molar-refractivity contribution in [1.82, 2.24) is 0 Å². The molecule has 1 aliphatic carbocycles. The van der Waals surface area contributed by atoms with E-state index in [0.717, 1.165) is 19.3 Å². The standard InChI is InChI=1S/C11H20O/c1-9(2)8-11(12)6-4-10(3)5-7-11/h4,6,9-10,12H,5,7-8H2,1-3H3. The van der Waals surface area contributed by atoms with Gasteiger partial charge in [0.05, 0.1) is 5.60 Å². The normalized spacial score (nSPS) is 35.9. The van der Waals surface area contributed by atoms with Gasteiger partial charge in [-0.15, -0.1) is 0 Å². The summed E-state index contributed by atoms with van der Waals surface area (Å²) in [5.41, 5.74) is -0.499. The predicted octanol–water partition coefficient (Wildman–Crippen LogP) is 2.75. The molecule has 1 nitrogen and oxygen atoms in total. The lowest BCUT2D eigenvalue weighted by atomic mass is 9.81. The lowest BCUT2D eigenvalue weighted by Gasteiger charge is -2.31. The van der Waals surface area contributed by atoms with Gasteiger partial charge in [0, 0.05) is 0 Å². The van der Waals surface area contributed by atoms with E-state index in [1.165, 1.54) is 0 Å². The van der Waals surface area contributed by atoms with E-state index >= 15 is 0 Å². The summed E-state index contributed by atoms with van der Waals surface area (Å²) < 4.78 is 0. The molecule has 0 amide bonds. The van der Waals surface area contributed by atoms with E-state index in [1.807, 2.05) is 6.08 Å². The Labute approximate surface area is 75.5 Å². The number of hydrogen-bond acceptors (Lipinski definition) is 1. The van der Waals surface area contributed by atoms with Gasteiger partial charge in [0.25, 0.3) is 0 Å². The smallest absolute Gasteiger partial charge is 0.0830 e. The molecule has 12 heavy (non-hydrogen) atoms. The van der Waals surface area contributed by atoms with Crippen molar-refractivity contribution in [2.45, 2.75) is 45.6 Å². The van der Waals surface area contributed by atoms with E-state index in [-0.39, 0.29) is 0 Å². The van der Waals surface area contributed by atoms with Gasteiger partial charge in [0.15, 0.2) is 0 Å². The molecule has 2 unspecified atom stereocenters. The molecule has 2 atom stereocenters. The van der Waals surface area contributed by atoms with Gasteiger partial charge in [-0.25, -0.2) is 0 Å². The zero-order valence-electron chi connectivity index (χ0n) is 8.38. The molecule has 0 aliphatic heterocycles. The van der Waals surface area contributed by atoms with Crippen molar-refractivity contribution in [3.63, 3.8) is 0 Å². The summed E-state index contributed by atoms with van der Waals surface area (Å²) in [5.74, 6) is 1.23. The molecule has 0 heterocycles. The van der Waals surface area contributed by atoms with Crippen LogP contribution in [0.4, 0.5) is 0 Å². The molecule has 0 saturated heterocycles. The van der Waals surface area contributed by atoms with Crippen LogP contribution in [0, 0.1) is 11.8 Å². The monoisotopic (exact) mass is 168 g/mol. The van der Waals surface area contributed by atoms with Crippen molar-refractivity contribution in [3.8, 4) is 0 Å². The second-order valence-corrected chi connectivity index (χ2v) is 4.58. The lowest BCUT2D eigenvalue weighted by Crippen LogP contribution is -2.30. The molecule has 1 heteroatoms. The Kier molecular flexibility index (Phi) is 2.94. The van der Waals surface area contributed by atoms with Crippen LogP contribution < -0.4 is 0 Å². The van der Waals surface area contributed by atoms with Gasteiger partial charge in [-0.2, -0.15) is 0 Å². The number of aliphatic hydroxyl groups is 1. The summed E-state index contributed by atoms with van der Waals surface area (Å²) in [6.07, 6.45) is 7.10. The topological polar surface area (TPSA) is 20.2 Å². The molecule has 1 rings (SSSR count). The van der Waals surface area contributed by atoms with Gasteiger partial charge < -0.3 is 5.11 Å². The Balaban J connectivity index is 2.55. The van der Waals surface area contributed by atoms with Crippen LogP contribution in [-0.4, -0.2) is 10.7 Å². The molecule has 1 aliphatic rings. The molecule has 0 radical (unpaired) electrons. The summed E-state index contributed by atoms with van der Waals surface area (Å²) in [4.78, 5) is 0. The van der Waals surface area contributed by atoms with Gasteiger partial charge in [0.1, 0.15) is 0 Å². The van der Waals surface area contributed by atoms with E-state index in [0.29, 0.717) is 11.8 Å². The maximum absolute atomic E-state index is 10.1. The van der Waals surface area contributed by atoms with Crippen molar-refractivity contribution in [2.24, 2.45) is 11.8 Å². The second kappa shape index (κ2) is 3.61. The van der Waals surface area contributed by atoms with Crippen molar-refractivity contribution in [2.75, 3.05) is 0 Å². The highest BCUT2D eigenvalue weighted by Gasteiger charge is 2.27.